The molecule has 1 saturated heterocycles. The maximum Gasteiger partial charge on any atom is 0.231 e. The van der Waals surface area contributed by atoms with Crippen LogP contribution >= 0.6 is 27.7 Å². The maximum atomic E-state index is 12.8. The van der Waals surface area contributed by atoms with Crippen LogP contribution < -0.4 is 0 Å². The number of nitrogens with zero attached hydrogens (tertiary/aromatic N) is 1. The molecule has 1 aromatic rings. The van der Waals surface area contributed by atoms with Crippen LogP contribution in [0.25, 0.3) is 0 Å². The highest BCUT2D eigenvalue weighted by molar-refractivity contribution is 9.09. The molecular weight excluding hydrogens is 354 g/mol. The van der Waals surface area contributed by atoms with E-state index >= 15 is 0 Å². The number of fused-ring (bicyclic) bond motifs is 1. The molecule has 0 bridgehead atoms. The summed E-state index contributed by atoms with van der Waals surface area (Å²) in [5, 5.41) is 0.766. The first kappa shape index (κ1) is 14.7. The van der Waals surface area contributed by atoms with E-state index in [2.05, 4.69) is 15.9 Å². The topological polar surface area (TPSA) is 46.6 Å². The Hall–Kier alpha value is -1.27. The molecule has 0 unspecified atom stereocenters. The fraction of sp³-hybridized carbons (Fsp3) is 0.333. The normalized spacial score (nSPS) is 20.9. The molecule has 0 N–H and O–H groups in total. The molecule has 4 nitrogen and oxygen atoms in total. The van der Waals surface area contributed by atoms with Crippen molar-refractivity contribution >= 4 is 39.4 Å². The van der Waals surface area contributed by atoms with Gasteiger partial charge in [0.25, 0.3) is 0 Å². The number of hydrogen-bond donors (Lipinski definition) is 0. The van der Waals surface area contributed by atoms with Gasteiger partial charge in [-0.1, -0.05) is 46.3 Å². The van der Waals surface area contributed by atoms with E-state index in [4.69, 9.17) is 4.74 Å². The van der Waals surface area contributed by atoms with Crippen molar-refractivity contribution in [2.45, 2.75) is 11.8 Å². The fourth-order valence-corrected chi connectivity index (χ4v) is 3.76. The first-order chi connectivity index (χ1) is 10.2. The summed E-state index contributed by atoms with van der Waals surface area (Å²) in [7, 11) is 0. The van der Waals surface area contributed by atoms with Gasteiger partial charge in [0.2, 0.25) is 11.7 Å². The molecule has 0 aromatic heterocycles. The van der Waals surface area contributed by atoms with Gasteiger partial charge < -0.3 is 4.74 Å². The molecule has 2 aliphatic heterocycles. The van der Waals surface area contributed by atoms with E-state index in [9.17, 15) is 9.59 Å². The zero-order valence-corrected chi connectivity index (χ0v) is 13.7. The lowest BCUT2D eigenvalue weighted by atomic mass is 10.0. The molecule has 1 atom stereocenters. The largest absolute Gasteiger partial charge is 0.494 e. The SMILES string of the molecule is O=C(C1=C(OCCBr)CS[C@@H]2CC(=O)N12)c1ccccc1. The number of β-lactam (4-membered cyclic amide) rings is 1. The summed E-state index contributed by atoms with van der Waals surface area (Å²) < 4.78 is 5.69. The first-order valence-corrected chi connectivity index (χ1v) is 8.84. The Morgan fingerprint density at radius 3 is 2.81 bits per heavy atom. The minimum absolute atomic E-state index is 0.00794. The van der Waals surface area contributed by atoms with Crippen molar-refractivity contribution in [3.05, 3.63) is 47.4 Å². The Morgan fingerprint density at radius 1 is 1.38 bits per heavy atom. The number of carbonyl (C=O) groups excluding carboxylic acids is 2. The number of ether oxygens (including phenoxy) is 1. The number of thioether (sulfide) groups is 1. The average molecular weight is 368 g/mol. The minimum Gasteiger partial charge on any atom is -0.494 e. The standard InChI is InChI=1S/C15H14BrNO3S/c16-6-7-20-11-9-21-13-8-12(18)17(13)14(11)15(19)10-4-2-1-3-5-10/h1-5,13H,6-9H2/t13-/m1/s1. The van der Waals surface area contributed by atoms with Crippen LogP contribution in [-0.2, 0) is 9.53 Å². The van der Waals surface area contributed by atoms with Gasteiger partial charge in [0.1, 0.15) is 11.5 Å². The number of ketones is 1. The highest BCUT2D eigenvalue weighted by atomic mass is 79.9. The van der Waals surface area contributed by atoms with E-state index in [-0.39, 0.29) is 17.1 Å². The van der Waals surface area contributed by atoms with Crippen molar-refractivity contribution in [3.63, 3.8) is 0 Å². The van der Waals surface area contributed by atoms with Gasteiger partial charge in [0.05, 0.1) is 24.2 Å². The zero-order valence-electron chi connectivity index (χ0n) is 11.3. The molecule has 2 heterocycles. The zero-order chi connectivity index (χ0) is 14.8. The van der Waals surface area contributed by atoms with Crippen LogP contribution in [0.15, 0.2) is 41.8 Å². The van der Waals surface area contributed by atoms with E-state index in [1.165, 1.54) is 0 Å². The van der Waals surface area contributed by atoms with Gasteiger partial charge in [-0.3, -0.25) is 14.5 Å². The first-order valence-electron chi connectivity index (χ1n) is 6.67. The van der Waals surface area contributed by atoms with Crippen LogP contribution in [0.3, 0.4) is 0 Å². The van der Waals surface area contributed by atoms with Crippen molar-refractivity contribution in [2.75, 3.05) is 17.7 Å². The monoisotopic (exact) mass is 367 g/mol. The smallest absolute Gasteiger partial charge is 0.231 e. The number of benzene rings is 1. The Morgan fingerprint density at radius 2 is 2.14 bits per heavy atom. The molecule has 21 heavy (non-hydrogen) atoms. The van der Waals surface area contributed by atoms with Crippen molar-refractivity contribution in [1.29, 1.82) is 0 Å². The second-order valence-electron chi connectivity index (χ2n) is 4.74. The summed E-state index contributed by atoms with van der Waals surface area (Å²) in [5.74, 6) is 1.09. The maximum absolute atomic E-state index is 12.8. The minimum atomic E-state index is -0.140. The van der Waals surface area contributed by atoms with Crippen molar-refractivity contribution < 1.29 is 14.3 Å². The lowest BCUT2D eigenvalue weighted by Gasteiger charge is -2.44. The summed E-state index contributed by atoms with van der Waals surface area (Å²) in [5.41, 5.74) is 1.000. The van der Waals surface area contributed by atoms with Gasteiger partial charge in [-0.25, -0.2) is 0 Å². The molecule has 1 aromatic carbocycles. The van der Waals surface area contributed by atoms with Crippen LogP contribution in [0.5, 0.6) is 0 Å². The molecule has 0 spiro atoms. The molecule has 1 amide bonds. The van der Waals surface area contributed by atoms with Crippen molar-refractivity contribution in [3.8, 4) is 0 Å². The van der Waals surface area contributed by atoms with E-state index < -0.39 is 0 Å². The predicted octanol–water partition coefficient (Wildman–Crippen LogP) is 2.80. The van der Waals surface area contributed by atoms with Crippen LogP contribution in [0.1, 0.15) is 16.8 Å². The van der Waals surface area contributed by atoms with Gasteiger partial charge in [0.15, 0.2) is 0 Å². The molecule has 3 rings (SSSR count). The highest BCUT2D eigenvalue weighted by Crippen LogP contribution is 2.41. The van der Waals surface area contributed by atoms with Crippen LogP contribution in [-0.4, -0.2) is 39.7 Å². The number of allylic oxidation sites excluding steroid dienone is 1. The van der Waals surface area contributed by atoms with Gasteiger partial charge >= 0.3 is 0 Å². The molecule has 0 radical (unpaired) electrons. The molecule has 0 saturated carbocycles. The highest BCUT2D eigenvalue weighted by Gasteiger charge is 2.46. The summed E-state index contributed by atoms with van der Waals surface area (Å²) in [6.07, 6.45) is 0.502. The van der Waals surface area contributed by atoms with E-state index in [0.717, 1.165) is 0 Å². The van der Waals surface area contributed by atoms with E-state index in [0.29, 0.717) is 41.1 Å². The quantitative estimate of drug-likeness (QED) is 0.456. The summed E-state index contributed by atoms with van der Waals surface area (Å²) >= 11 is 4.96. The average Bonchev–Trinajstić information content (AvgIpc) is 2.52. The third-order valence-corrected chi connectivity index (χ3v) is 4.94. The van der Waals surface area contributed by atoms with Gasteiger partial charge in [-0.15, -0.1) is 11.8 Å². The molecule has 1 fully saturated rings. The predicted molar refractivity (Wildman–Crippen MR) is 85.3 cm³/mol. The van der Waals surface area contributed by atoms with Gasteiger partial charge in [-0.05, 0) is 0 Å². The molecule has 2 aliphatic rings. The third kappa shape index (κ3) is 2.74. The number of Topliss-reactive ketones (excluding diaryl/α,β-unsaturated/α-hetero) is 1. The van der Waals surface area contributed by atoms with Gasteiger partial charge in [-0.2, -0.15) is 0 Å². The number of amides is 1. The number of rotatable bonds is 5. The molecule has 0 aliphatic carbocycles. The van der Waals surface area contributed by atoms with Crippen LogP contribution in [0, 0.1) is 0 Å². The Labute approximate surface area is 135 Å². The lowest BCUT2D eigenvalue weighted by Crippen LogP contribution is -2.54. The lowest BCUT2D eigenvalue weighted by molar-refractivity contribution is -0.138. The summed E-state index contributed by atoms with van der Waals surface area (Å²) in [6.45, 7) is 0.480. The van der Waals surface area contributed by atoms with E-state index in [1.807, 2.05) is 18.2 Å². The second kappa shape index (κ2) is 6.23. The molecule has 110 valence electrons. The van der Waals surface area contributed by atoms with E-state index in [1.54, 1.807) is 28.8 Å². The second-order valence-corrected chi connectivity index (χ2v) is 6.70. The fourth-order valence-electron chi connectivity index (χ4n) is 2.40. The molecular formula is C15H14BrNO3S. The van der Waals surface area contributed by atoms with Crippen LogP contribution in [0.4, 0.5) is 0 Å². The van der Waals surface area contributed by atoms with Crippen molar-refractivity contribution in [2.24, 2.45) is 0 Å². The Kier molecular flexibility index (Phi) is 4.35. The number of hydrogen-bond acceptors (Lipinski definition) is 4. The Bertz CT molecular complexity index is 602. The van der Waals surface area contributed by atoms with Crippen LogP contribution in [0.2, 0.25) is 0 Å². The van der Waals surface area contributed by atoms with Gasteiger partial charge in [0, 0.05) is 10.9 Å². The summed E-state index contributed by atoms with van der Waals surface area (Å²) in [6, 6.07) is 9.03. The number of halogens is 1. The van der Waals surface area contributed by atoms with Crippen molar-refractivity contribution in [1.82, 2.24) is 4.90 Å². The third-order valence-electron chi connectivity index (χ3n) is 3.42. The number of alkyl halides is 1. The Balaban J connectivity index is 1.97. The summed E-state index contributed by atoms with van der Waals surface area (Å²) in [4.78, 5) is 26.2. The number of carbonyl (C=O) groups is 2. The molecule has 6 heteroatoms.